The Kier molecular flexibility index (Phi) is 6.16. The van der Waals surface area contributed by atoms with Gasteiger partial charge in [0.25, 0.3) is 0 Å². The number of H-pyrrole nitrogens is 1. The van der Waals surface area contributed by atoms with Gasteiger partial charge >= 0.3 is 0 Å². The van der Waals surface area contributed by atoms with Gasteiger partial charge in [0, 0.05) is 37.7 Å². The molecule has 0 aliphatic rings. The van der Waals surface area contributed by atoms with Gasteiger partial charge in [-0.25, -0.2) is 4.98 Å². The van der Waals surface area contributed by atoms with Gasteiger partial charge in [-0.2, -0.15) is 0 Å². The van der Waals surface area contributed by atoms with E-state index in [4.69, 9.17) is 0 Å². The number of hydrogen-bond acceptors (Lipinski definition) is 4. The van der Waals surface area contributed by atoms with Crippen LogP contribution in [0, 0.1) is 0 Å². The normalized spacial score (nSPS) is 9.78. The van der Waals surface area contributed by atoms with Crippen LogP contribution in [0.2, 0.25) is 0 Å². The van der Waals surface area contributed by atoms with E-state index in [1.165, 1.54) is 0 Å². The molecule has 0 atom stereocenters. The van der Waals surface area contributed by atoms with Gasteiger partial charge in [0.15, 0.2) is 0 Å². The molecule has 0 aromatic carbocycles. The van der Waals surface area contributed by atoms with Crippen molar-refractivity contribution in [2.45, 2.75) is 19.3 Å². The van der Waals surface area contributed by atoms with Crippen molar-refractivity contribution in [2.24, 2.45) is 0 Å². The van der Waals surface area contributed by atoms with Crippen LogP contribution in [0.4, 0.5) is 0 Å². The Morgan fingerprint density at radius 3 is 2.61 bits per heavy atom. The highest BCUT2D eigenvalue weighted by molar-refractivity contribution is 5.84. The van der Waals surface area contributed by atoms with E-state index in [1.54, 1.807) is 12.5 Å². The summed E-state index contributed by atoms with van der Waals surface area (Å²) in [5.74, 6) is -0.485. The Morgan fingerprint density at radius 1 is 1.28 bits per heavy atom. The van der Waals surface area contributed by atoms with E-state index in [0.29, 0.717) is 19.3 Å². The summed E-state index contributed by atoms with van der Waals surface area (Å²) in [5, 5.41) is 5.06. The molecule has 0 bridgehead atoms. The zero-order chi connectivity index (χ0) is 13.2. The van der Waals surface area contributed by atoms with E-state index in [2.05, 4.69) is 20.6 Å². The van der Waals surface area contributed by atoms with Crippen LogP contribution in [0.15, 0.2) is 12.5 Å². The SMILES string of the molecule is O=CCNC(=O)CCC(=O)NCCc1cnc[nH]1. The van der Waals surface area contributed by atoms with E-state index in [9.17, 15) is 14.4 Å². The van der Waals surface area contributed by atoms with Gasteiger partial charge in [-0.1, -0.05) is 0 Å². The summed E-state index contributed by atoms with van der Waals surface area (Å²) in [6, 6.07) is 0. The predicted octanol–water partition coefficient (Wildman–Crippen LogP) is -0.836. The molecule has 1 heterocycles. The first-order chi connectivity index (χ1) is 8.72. The molecule has 0 aliphatic heterocycles. The third kappa shape index (κ3) is 5.78. The van der Waals surface area contributed by atoms with Crippen molar-refractivity contribution < 1.29 is 14.4 Å². The highest BCUT2D eigenvalue weighted by atomic mass is 16.2. The molecule has 0 fully saturated rings. The summed E-state index contributed by atoms with van der Waals surface area (Å²) in [6.45, 7) is 0.483. The number of aromatic nitrogens is 2. The molecule has 1 aromatic rings. The van der Waals surface area contributed by atoms with E-state index in [-0.39, 0.29) is 31.2 Å². The maximum atomic E-state index is 11.4. The van der Waals surface area contributed by atoms with E-state index >= 15 is 0 Å². The molecule has 0 spiro atoms. The standard InChI is InChI=1S/C11H16N4O3/c16-6-5-14-11(18)2-1-10(17)13-4-3-9-7-12-8-15-9/h6-8H,1-5H2,(H,12,15)(H,13,17)(H,14,18). The van der Waals surface area contributed by atoms with E-state index in [0.717, 1.165) is 5.69 Å². The van der Waals surface area contributed by atoms with Gasteiger partial charge in [0.1, 0.15) is 6.29 Å². The monoisotopic (exact) mass is 252 g/mol. The maximum Gasteiger partial charge on any atom is 0.220 e. The zero-order valence-electron chi connectivity index (χ0n) is 9.94. The lowest BCUT2D eigenvalue weighted by molar-refractivity contribution is -0.126. The van der Waals surface area contributed by atoms with Crippen LogP contribution in [0.3, 0.4) is 0 Å². The molecule has 1 aromatic heterocycles. The van der Waals surface area contributed by atoms with Crippen molar-refractivity contribution in [1.82, 2.24) is 20.6 Å². The summed E-state index contributed by atoms with van der Waals surface area (Å²) >= 11 is 0. The molecule has 0 saturated carbocycles. The number of hydrogen-bond donors (Lipinski definition) is 3. The van der Waals surface area contributed by atoms with Crippen LogP contribution in [0.1, 0.15) is 18.5 Å². The minimum Gasteiger partial charge on any atom is -0.356 e. The van der Waals surface area contributed by atoms with Crippen LogP contribution in [0.25, 0.3) is 0 Å². The number of carbonyl (C=O) groups is 3. The zero-order valence-corrected chi connectivity index (χ0v) is 9.94. The smallest absolute Gasteiger partial charge is 0.220 e. The quantitative estimate of drug-likeness (QED) is 0.525. The molecule has 0 saturated heterocycles. The fraction of sp³-hybridized carbons (Fsp3) is 0.455. The van der Waals surface area contributed by atoms with E-state index < -0.39 is 0 Å². The molecule has 7 nitrogen and oxygen atoms in total. The Labute approximate surface area is 104 Å². The molecular formula is C11H16N4O3. The first kappa shape index (κ1) is 13.9. The van der Waals surface area contributed by atoms with Gasteiger partial charge < -0.3 is 20.4 Å². The van der Waals surface area contributed by atoms with Gasteiger partial charge in [-0.15, -0.1) is 0 Å². The number of nitrogens with one attached hydrogen (secondary N) is 3. The Morgan fingerprint density at radius 2 is 2.00 bits per heavy atom. The second kappa shape index (κ2) is 7.99. The molecule has 7 heteroatoms. The second-order valence-corrected chi connectivity index (χ2v) is 3.65. The number of amides is 2. The van der Waals surface area contributed by atoms with Crippen molar-refractivity contribution in [3.63, 3.8) is 0 Å². The topological polar surface area (TPSA) is 104 Å². The van der Waals surface area contributed by atoms with Crippen molar-refractivity contribution in [3.05, 3.63) is 18.2 Å². The second-order valence-electron chi connectivity index (χ2n) is 3.65. The number of aldehydes is 1. The summed E-state index contributed by atoms with van der Waals surface area (Å²) in [6.07, 6.45) is 4.75. The molecule has 0 aliphatic carbocycles. The van der Waals surface area contributed by atoms with Crippen molar-refractivity contribution >= 4 is 18.1 Å². The molecule has 0 radical (unpaired) electrons. The first-order valence-corrected chi connectivity index (χ1v) is 5.66. The van der Waals surface area contributed by atoms with Crippen molar-refractivity contribution in [1.29, 1.82) is 0 Å². The van der Waals surface area contributed by atoms with Gasteiger partial charge in [-0.3, -0.25) is 9.59 Å². The summed E-state index contributed by atoms with van der Waals surface area (Å²) in [5.41, 5.74) is 0.944. The average Bonchev–Trinajstić information content (AvgIpc) is 2.87. The summed E-state index contributed by atoms with van der Waals surface area (Å²) < 4.78 is 0. The Balaban J connectivity index is 2.06. The van der Waals surface area contributed by atoms with Crippen LogP contribution in [0.5, 0.6) is 0 Å². The summed E-state index contributed by atoms with van der Waals surface area (Å²) in [4.78, 5) is 39.2. The van der Waals surface area contributed by atoms with Gasteiger partial charge in [0.2, 0.25) is 11.8 Å². The highest BCUT2D eigenvalue weighted by Gasteiger charge is 2.05. The molecule has 0 unspecified atom stereocenters. The first-order valence-electron chi connectivity index (χ1n) is 5.66. The molecule has 3 N–H and O–H groups in total. The highest BCUT2D eigenvalue weighted by Crippen LogP contribution is 1.92. The molecule has 18 heavy (non-hydrogen) atoms. The van der Waals surface area contributed by atoms with Gasteiger partial charge in [-0.05, 0) is 0 Å². The number of imidazole rings is 1. The minimum absolute atomic E-state index is 0.0136. The number of carbonyl (C=O) groups excluding carboxylic acids is 3. The number of nitrogens with zero attached hydrogens (tertiary/aromatic N) is 1. The third-order valence-corrected chi connectivity index (χ3v) is 2.23. The maximum absolute atomic E-state index is 11.4. The van der Waals surface area contributed by atoms with Gasteiger partial charge in [0.05, 0.1) is 12.9 Å². The molecule has 1 rings (SSSR count). The lowest BCUT2D eigenvalue weighted by atomic mass is 10.2. The lowest BCUT2D eigenvalue weighted by Gasteiger charge is -2.04. The van der Waals surface area contributed by atoms with Crippen molar-refractivity contribution in [3.8, 4) is 0 Å². The molecular weight excluding hydrogens is 236 g/mol. The van der Waals surface area contributed by atoms with Crippen LogP contribution in [-0.2, 0) is 20.8 Å². The van der Waals surface area contributed by atoms with Crippen LogP contribution in [-0.4, -0.2) is 41.2 Å². The van der Waals surface area contributed by atoms with Crippen molar-refractivity contribution in [2.75, 3.05) is 13.1 Å². The average molecular weight is 252 g/mol. The number of rotatable bonds is 8. The Hall–Kier alpha value is -2.18. The van der Waals surface area contributed by atoms with E-state index in [1.807, 2.05) is 0 Å². The third-order valence-electron chi connectivity index (χ3n) is 2.23. The number of aromatic amines is 1. The van der Waals surface area contributed by atoms with Crippen LogP contribution < -0.4 is 10.6 Å². The van der Waals surface area contributed by atoms with Crippen LogP contribution >= 0.6 is 0 Å². The summed E-state index contributed by atoms with van der Waals surface area (Å²) in [7, 11) is 0. The molecule has 98 valence electrons. The largest absolute Gasteiger partial charge is 0.356 e. The lowest BCUT2D eigenvalue weighted by Crippen LogP contribution is -2.29. The fourth-order valence-electron chi connectivity index (χ4n) is 1.32. The predicted molar refractivity (Wildman–Crippen MR) is 63.6 cm³/mol. The minimum atomic E-state index is -0.300. The Bertz CT molecular complexity index is 389. The molecule has 2 amide bonds. The fourth-order valence-corrected chi connectivity index (χ4v) is 1.32.